The molecule has 1 atom stereocenters. The quantitative estimate of drug-likeness (QED) is 0.216. The summed E-state index contributed by atoms with van der Waals surface area (Å²) >= 11 is 0. The fourth-order valence-electron chi connectivity index (χ4n) is 8.50. The van der Waals surface area contributed by atoms with E-state index in [9.17, 15) is 19.5 Å². The van der Waals surface area contributed by atoms with Gasteiger partial charge in [0.1, 0.15) is 11.5 Å². The van der Waals surface area contributed by atoms with E-state index >= 15 is 4.39 Å². The Morgan fingerprint density at radius 3 is 2.65 bits per heavy atom. The van der Waals surface area contributed by atoms with Crippen molar-refractivity contribution < 1.29 is 23.8 Å². The Labute approximate surface area is 318 Å². The molecule has 0 radical (unpaired) electrons. The number of carbonyl (C=O) groups excluding carboxylic acids is 2. The van der Waals surface area contributed by atoms with Gasteiger partial charge in [0.05, 0.1) is 42.9 Å². The van der Waals surface area contributed by atoms with Crippen LogP contribution >= 0.6 is 0 Å². The SMILES string of the molecule is C=CC(=O)Nc1cc(Nc2nc(-c3ccnc(N4CCn5c(cc6c5CC(C)(C)C6)C4=O)c3CO)cn(C)c2=O)cc(F)c1N1CCN(C2COC2)CC1C. The van der Waals surface area contributed by atoms with Gasteiger partial charge in [-0.1, -0.05) is 20.4 Å². The van der Waals surface area contributed by atoms with Crippen LogP contribution < -0.4 is 26.0 Å². The number of anilines is 5. The van der Waals surface area contributed by atoms with Crippen molar-refractivity contribution in [3.63, 3.8) is 0 Å². The van der Waals surface area contributed by atoms with Gasteiger partial charge in [-0.2, -0.15) is 0 Å². The molecule has 8 rings (SSSR count). The minimum atomic E-state index is -0.586. The van der Waals surface area contributed by atoms with Gasteiger partial charge < -0.3 is 34.5 Å². The maximum absolute atomic E-state index is 16.2. The van der Waals surface area contributed by atoms with Crippen LogP contribution in [-0.2, 0) is 42.6 Å². The van der Waals surface area contributed by atoms with E-state index in [-0.39, 0.29) is 40.2 Å². The molecular formula is C40H46FN9O5. The Hall–Kier alpha value is -5.38. The Morgan fingerprint density at radius 2 is 1.95 bits per heavy atom. The zero-order chi connectivity index (χ0) is 38.8. The highest BCUT2D eigenvalue weighted by molar-refractivity contribution is 6.06. The van der Waals surface area contributed by atoms with Gasteiger partial charge in [0.25, 0.3) is 11.5 Å². The molecular weight excluding hydrogens is 705 g/mol. The first kappa shape index (κ1) is 36.6. The van der Waals surface area contributed by atoms with Gasteiger partial charge in [-0.15, -0.1) is 0 Å². The lowest BCUT2D eigenvalue weighted by Gasteiger charge is -2.46. The highest BCUT2D eigenvalue weighted by atomic mass is 19.1. The van der Waals surface area contributed by atoms with Crippen LogP contribution in [0.4, 0.5) is 33.1 Å². The fourth-order valence-corrected chi connectivity index (χ4v) is 8.50. The van der Waals surface area contributed by atoms with Crippen LogP contribution in [0.25, 0.3) is 11.3 Å². The van der Waals surface area contributed by atoms with Gasteiger partial charge in [0.15, 0.2) is 11.6 Å². The van der Waals surface area contributed by atoms with E-state index in [0.29, 0.717) is 80.3 Å². The highest BCUT2D eigenvalue weighted by Gasteiger charge is 2.38. The third-order valence-corrected chi connectivity index (χ3v) is 11.3. The van der Waals surface area contributed by atoms with Crippen LogP contribution in [0.2, 0.25) is 0 Å². The number of nitrogens with one attached hydrogen (secondary N) is 2. The number of ether oxygens (including phenoxy) is 1. The number of fused-ring (bicyclic) bond motifs is 3. The zero-order valence-corrected chi connectivity index (χ0v) is 31.6. The molecule has 15 heteroatoms. The average molecular weight is 752 g/mol. The number of pyridine rings is 1. The number of aliphatic hydroxyl groups is 1. The van der Waals surface area contributed by atoms with Gasteiger partial charge in [-0.25, -0.2) is 14.4 Å². The van der Waals surface area contributed by atoms with Crippen LogP contribution in [0.1, 0.15) is 48.1 Å². The second kappa shape index (κ2) is 14.0. The molecule has 14 nitrogen and oxygen atoms in total. The number of nitrogens with zero attached hydrogens (tertiary/aromatic N) is 7. The van der Waals surface area contributed by atoms with Crippen molar-refractivity contribution >= 4 is 40.5 Å². The molecule has 1 unspecified atom stereocenters. The summed E-state index contributed by atoms with van der Waals surface area (Å²) in [5, 5.41) is 16.5. The van der Waals surface area contributed by atoms with E-state index < -0.39 is 23.9 Å². The van der Waals surface area contributed by atoms with Crippen LogP contribution in [0.3, 0.4) is 0 Å². The second-order valence-electron chi connectivity index (χ2n) is 15.7. The summed E-state index contributed by atoms with van der Waals surface area (Å²) in [5.74, 6) is -1.08. The van der Waals surface area contributed by atoms with E-state index in [1.54, 1.807) is 30.3 Å². The Kier molecular flexibility index (Phi) is 9.34. The predicted molar refractivity (Wildman–Crippen MR) is 207 cm³/mol. The Balaban J connectivity index is 1.10. The number of halogens is 1. The smallest absolute Gasteiger partial charge is 0.293 e. The summed E-state index contributed by atoms with van der Waals surface area (Å²) in [7, 11) is 1.57. The molecule has 3 aliphatic heterocycles. The molecule has 1 aliphatic carbocycles. The molecule has 2 amide bonds. The summed E-state index contributed by atoms with van der Waals surface area (Å²) in [6.07, 6.45) is 6.03. The van der Waals surface area contributed by atoms with Crippen molar-refractivity contribution in [1.82, 2.24) is 24.0 Å². The molecule has 4 aliphatic rings. The molecule has 3 N–H and O–H groups in total. The number of hydrogen-bond donors (Lipinski definition) is 3. The van der Waals surface area contributed by atoms with E-state index in [0.717, 1.165) is 18.9 Å². The van der Waals surface area contributed by atoms with Gasteiger partial charge >= 0.3 is 0 Å². The van der Waals surface area contributed by atoms with Gasteiger partial charge in [0.2, 0.25) is 5.91 Å². The molecule has 0 spiro atoms. The topological polar surface area (TPSA) is 150 Å². The largest absolute Gasteiger partial charge is 0.392 e. The minimum Gasteiger partial charge on any atom is -0.392 e. The Morgan fingerprint density at radius 1 is 1.15 bits per heavy atom. The lowest BCUT2D eigenvalue weighted by atomic mass is 9.90. The number of piperazine rings is 1. The molecule has 0 bridgehead atoms. The third kappa shape index (κ3) is 6.59. The maximum Gasteiger partial charge on any atom is 0.293 e. The van der Waals surface area contributed by atoms with Crippen molar-refractivity contribution in [2.24, 2.45) is 12.5 Å². The van der Waals surface area contributed by atoms with E-state index in [1.165, 1.54) is 28.1 Å². The number of aryl methyl sites for hydroxylation is 1. The van der Waals surface area contributed by atoms with Crippen molar-refractivity contribution in [1.29, 1.82) is 0 Å². The van der Waals surface area contributed by atoms with E-state index in [1.807, 2.05) is 17.9 Å². The first-order chi connectivity index (χ1) is 26.3. The van der Waals surface area contributed by atoms with E-state index in [4.69, 9.17) is 4.74 Å². The number of hydrogen-bond acceptors (Lipinski definition) is 10. The average Bonchev–Trinajstić information content (AvgIpc) is 3.61. The molecule has 1 aromatic carbocycles. The summed E-state index contributed by atoms with van der Waals surface area (Å²) in [5.41, 5.74) is 4.53. The standard InChI is InChI=1S/C40H46FN9O5/c1-6-34(52)44-30-15-25(14-29(41)35(30)48-10-9-47(18-23(48)2)26-21-55-22-26)43-36-39(54)46(5)19-31(45-36)27-7-8-42-37(28(27)20-51)50-12-11-49-32(38(50)53)13-24-16-40(3,4)17-33(24)49/h6-8,13-15,19,23,26,51H,1,9-12,16-18,20-22H2,2-5H3,(H,43,45)(H,44,52). The summed E-state index contributed by atoms with van der Waals surface area (Å²) in [4.78, 5) is 55.1. The Bertz CT molecular complexity index is 2280. The molecule has 3 aromatic heterocycles. The summed E-state index contributed by atoms with van der Waals surface area (Å²) in [6, 6.07) is 6.82. The number of benzene rings is 1. The van der Waals surface area contributed by atoms with Crippen LogP contribution in [0, 0.1) is 11.2 Å². The fraction of sp³-hybridized carbons (Fsp3) is 0.425. The first-order valence-electron chi connectivity index (χ1n) is 18.7. The summed E-state index contributed by atoms with van der Waals surface area (Å²) in [6.45, 7) is 13.9. The number of amides is 2. The number of aromatic nitrogens is 4. The highest BCUT2D eigenvalue weighted by Crippen LogP contribution is 2.41. The van der Waals surface area contributed by atoms with Gasteiger partial charge in [0, 0.05) is 80.7 Å². The monoisotopic (exact) mass is 751 g/mol. The molecule has 2 saturated heterocycles. The predicted octanol–water partition coefficient (Wildman–Crippen LogP) is 3.84. The molecule has 2 fully saturated rings. The van der Waals surface area contributed by atoms with Crippen molar-refractivity contribution in [3.8, 4) is 11.3 Å². The normalized spacial score (nSPS) is 19.5. The van der Waals surface area contributed by atoms with Crippen molar-refractivity contribution in [3.05, 3.63) is 88.0 Å². The molecule has 4 aromatic rings. The number of carbonyl (C=O) groups is 2. The lowest BCUT2D eigenvalue weighted by molar-refractivity contribution is -0.111. The van der Waals surface area contributed by atoms with Gasteiger partial charge in [-0.3, -0.25) is 24.2 Å². The number of aliphatic hydroxyl groups excluding tert-OH is 1. The van der Waals surface area contributed by atoms with Gasteiger partial charge in [-0.05, 0) is 61.1 Å². The van der Waals surface area contributed by atoms with Crippen molar-refractivity contribution in [2.75, 3.05) is 59.8 Å². The van der Waals surface area contributed by atoms with E-state index in [2.05, 4.69) is 50.5 Å². The minimum absolute atomic E-state index is 0.0578. The summed E-state index contributed by atoms with van der Waals surface area (Å²) < 4.78 is 25.1. The second-order valence-corrected chi connectivity index (χ2v) is 15.7. The molecule has 55 heavy (non-hydrogen) atoms. The lowest BCUT2D eigenvalue weighted by Crippen LogP contribution is -2.59. The zero-order valence-electron chi connectivity index (χ0n) is 31.6. The van der Waals surface area contributed by atoms with Crippen LogP contribution in [-0.4, -0.2) is 92.4 Å². The first-order valence-corrected chi connectivity index (χ1v) is 18.7. The maximum atomic E-state index is 16.2. The molecule has 6 heterocycles. The van der Waals surface area contributed by atoms with Crippen LogP contribution in [0.5, 0.6) is 0 Å². The molecule has 0 saturated carbocycles. The van der Waals surface area contributed by atoms with Crippen molar-refractivity contribution in [2.45, 2.75) is 58.8 Å². The number of rotatable bonds is 9. The third-order valence-electron chi connectivity index (χ3n) is 11.3. The van der Waals surface area contributed by atoms with Crippen LogP contribution in [0.15, 0.2) is 54.1 Å². The molecule has 288 valence electrons.